The van der Waals surface area contributed by atoms with Gasteiger partial charge in [0.25, 0.3) is 0 Å². The van der Waals surface area contributed by atoms with Gasteiger partial charge in [0.2, 0.25) is 0 Å². The largest absolute Gasteiger partial charge is 0.236 e. The van der Waals surface area contributed by atoms with Crippen LogP contribution in [0.25, 0.3) is 5.57 Å². The molecule has 3 aromatic rings. The van der Waals surface area contributed by atoms with Crippen LogP contribution in [-0.2, 0) is 5.54 Å². The second kappa shape index (κ2) is 6.10. The zero-order valence-corrected chi connectivity index (χ0v) is 14.1. The fraction of sp³-hybridized carbons (Fsp3) is 0.136. The highest BCUT2D eigenvalue weighted by molar-refractivity contribution is 5.80. The molecular weight excluding hydrogens is 306 g/mol. The van der Waals surface area contributed by atoms with Crippen LogP contribution in [-0.4, -0.2) is 4.98 Å². The summed E-state index contributed by atoms with van der Waals surface area (Å²) in [5.74, 6) is 0.670. The first kappa shape index (κ1) is 15.5. The average molecular weight is 325 g/mol. The van der Waals surface area contributed by atoms with Crippen molar-refractivity contribution in [2.75, 3.05) is 0 Å². The molecule has 0 aliphatic heterocycles. The molecule has 25 heavy (non-hydrogen) atoms. The lowest BCUT2D eigenvalue weighted by atomic mass is 9.80. The standard InChI is InChI=1S/C22H19N3/c1-16-18-12-6-7-13-19(18)22(2,21(16)17-10-4-3-5-11-17)25-24-20-14-8-9-15-23-20/h3-15,21H,1H2,2H3/t21-,22-/m0/s1. The molecule has 1 aromatic heterocycles. The Morgan fingerprint density at radius 1 is 0.920 bits per heavy atom. The lowest BCUT2D eigenvalue weighted by Crippen LogP contribution is -2.23. The molecule has 0 amide bonds. The number of hydrogen-bond donors (Lipinski definition) is 0. The van der Waals surface area contributed by atoms with Crippen molar-refractivity contribution in [2.45, 2.75) is 18.4 Å². The van der Waals surface area contributed by atoms with Crippen molar-refractivity contribution in [1.82, 2.24) is 4.98 Å². The Labute approximate surface area is 147 Å². The van der Waals surface area contributed by atoms with Gasteiger partial charge in [-0.05, 0) is 41.3 Å². The van der Waals surface area contributed by atoms with Crippen molar-refractivity contribution in [3.05, 3.63) is 102 Å². The first-order chi connectivity index (χ1) is 12.2. The van der Waals surface area contributed by atoms with E-state index in [1.165, 1.54) is 11.1 Å². The van der Waals surface area contributed by atoms with E-state index in [-0.39, 0.29) is 5.92 Å². The van der Waals surface area contributed by atoms with E-state index < -0.39 is 5.54 Å². The molecule has 0 bridgehead atoms. The van der Waals surface area contributed by atoms with E-state index in [9.17, 15) is 0 Å². The van der Waals surface area contributed by atoms with Crippen LogP contribution in [0.3, 0.4) is 0 Å². The van der Waals surface area contributed by atoms with Gasteiger partial charge in [0.1, 0.15) is 5.54 Å². The molecule has 3 heteroatoms. The summed E-state index contributed by atoms with van der Waals surface area (Å²) in [6, 6.07) is 24.4. The summed E-state index contributed by atoms with van der Waals surface area (Å²) < 4.78 is 0. The molecule has 0 saturated carbocycles. The summed E-state index contributed by atoms with van der Waals surface area (Å²) in [6.45, 7) is 6.52. The van der Waals surface area contributed by atoms with E-state index in [0.717, 1.165) is 11.1 Å². The van der Waals surface area contributed by atoms with Gasteiger partial charge in [-0.3, -0.25) is 0 Å². The summed E-state index contributed by atoms with van der Waals surface area (Å²) in [4.78, 5) is 4.26. The molecule has 0 fully saturated rings. The molecule has 122 valence electrons. The van der Waals surface area contributed by atoms with Gasteiger partial charge >= 0.3 is 0 Å². The number of nitrogens with zero attached hydrogens (tertiary/aromatic N) is 3. The fourth-order valence-electron chi connectivity index (χ4n) is 3.71. The molecule has 0 N–H and O–H groups in total. The zero-order chi connectivity index (χ0) is 17.3. The van der Waals surface area contributed by atoms with E-state index in [1.54, 1.807) is 6.20 Å². The molecule has 0 spiro atoms. The summed E-state index contributed by atoms with van der Waals surface area (Å²) in [5.41, 5.74) is 4.11. The molecular formula is C22H19N3. The Bertz CT molecular complexity index is 932. The van der Waals surface area contributed by atoms with Crippen LogP contribution in [0, 0.1) is 0 Å². The van der Waals surface area contributed by atoms with Crippen molar-refractivity contribution in [3.8, 4) is 0 Å². The third-order valence-electron chi connectivity index (χ3n) is 4.87. The predicted octanol–water partition coefficient (Wildman–Crippen LogP) is 5.89. The van der Waals surface area contributed by atoms with Crippen LogP contribution in [0.5, 0.6) is 0 Å². The van der Waals surface area contributed by atoms with Crippen molar-refractivity contribution < 1.29 is 0 Å². The van der Waals surface area contributed by atoms with Gasteiger partial charge in [-0.2, -0.15) is 5.11 Å². The predicted molar refractivity (Wildman–Crippen MR) is 101 cm³/mol. The van der Waals surface area contributed by atoms with Crippen LogP contribution in [0.4, 0.5) is 5.82 Å². The van der Waals surface area contributed by atoms with Gasteiger partial charge in [0, 0.05) is 12.1 Å². The van der Waals surface area contributed by atoms with E-state index in [4.69, 9.17) is 5.11 Å². The molecule has 1 aliphatic carbocycles. The number of pyridine rings is 1. The number of hydrogen-bond acceptors (Lipinski definition) is 3. The number of azo groups is 1. The fourth-order valence-corrected chi connectivity index (χ4v) is 3.71. The van der Waals surface area contributed by atoms with E-state index in [0.29, 0.717) is 5.82 Å². The van der Waals surface area contributed by atoms with Gasteiger partial charge in [-0.15, -0.1) is 5.11 Å². The third-order valence-corrected chi connectivity index (χ3v) is 4.87. The van der Waals surface area contributed by atoms with Crippen molar-refractivity contribution >= 4 is 11.4 Å². The monoisotopic (exact) mass is 325 g/mol. The van der Waals surface area contributed by atoms with Crippen LogP contribution in [0.15, 0.2) is 95.8 Å². The Morgan fingerprint density at radius 2 is 1.64 bits per heavy atom. The second-order valence-electron chi connectivity index (χ2n) is 6.45. The van der Waals surface area contributed by atoms with Crippen LogP contribution in [0.2, 0.25) is 0 Å². The van der Waals surface area contributed by atoms with Crippen molar-refractivity contribution in [2.24, 2.45) is 10.2 Å². The van der Waals surface area contributed by atoms with Crippen LogP contribution < -0.4 is 0 Å². The molecule has 0 unspecified atom stereocenters. The highest BCUT2D eigenvalue weighted by Gasteiger charge is 2.46. The van der Waals surface area contributed by atoms with Gasteiger partial charge < -0.3 is 0 Å². The Hall–Kier alpha value is -3.07. The molecule has 2 aromatic carbocycles. The lowest BCUT2D eigenvalue weighted by Gasteiger charge is -2.28. The molecule has 4 rings (SSSR count). The summed E-state index contributed by atoms with van der Waals surface area (Å²) in [7, 11) is 0. The van der Waals surface area contributed by atoms with Gasteiger partial charge in [0.15, 0.2) is 5.82 Å². The maximum absolute atomic E-state index is 4.78. The number of benzene rings is 2. The SMILES string of the molecule is C=C1c2ccccc2[C@](C)(N=Nc2ccccn2)[C@@H]1c1ccccc1. The van der Waals surface area contributed by atoms with Crippen LogP contribution >= 0.6 is 0 Å². The maximum Gasteiger partial charge on any atom is 0.173 e. The minimum atomic E-state index is -0.507. The third kappa shape index (κ3) is 2.58. The molecule has 3 nitrogen and oxygen atoms in total. The summed E-state index contributed by atoms with van der Waals surface area (Å²) in [6.07, 6.45) is 1.73. The smallest absolute Gasteiger partial charge is 0.173 e. The van der Waals surface area contributed by atoms with Gasteiger partial charge in [0.05, 0.1) is 0 Å². The average Bonchev–Trinajstić information content (AvgIpc) is 2.90. The van der Waals surface area contributed by atoms with E-state index >= 15 is 0 Å². The Kier molecular flexibility index (Phi) is 3.77. The topological polar surface area (TPSA) is 37.6 Å². The first-order valence-electron chi connectivity index (χ1n) is 8.38. The number of rotatable bonds is 3. The molecule has 2 atom stereocenters. The van der Waals surface area contributed by atoms with Gasteiger partial charge in [-0.25, -0.2) is 4.98 Å². The van der Waals surface area contributed by atoms with Crippen molar-refractivity contribution in [3.63, 3.8) is 0 Å². The summed E-state index contributed by atoms with van der Waals surface area (Å²) >= 11 is 0. The molecule has 1 aliphatic rings. The normalized spacial score (nSPS) is 22.3. The Morgan fingerprint density at radius 3 is 2.40 bits per heavy atom. The molecule has 1 heterocycles. The minimum absolute atomic E-state index is 0.0542. The lowest BCUT2D eigenvalue weighted by molar-refractivity contribution is 0.451. The quantitative estimate of drug-likeness (QED) is 0.553. The minimum Gasteiger partial charge on any atom is -0.236 e. The van der Waals surface area contributed by atoms with Gasteiger partial charge in [-0.1, -0.05) is 67.2 Å². The molecule has 0 radical (unpaired) electrons. The first-order valence-corrected chi connectivity index (χ1v) is 8.38. The molecule has 0 saturated heterocycles. The maximum atomic E-state index is 4.78. The highest BCUT2D eigenvalue weighted by atomic mass is 15.2. The van der Waals surface area contributed by atoms with Crippen molar-refractivity contribution in [1.29, 1.82) is 0 Å². The summed E-state index contributed by atoms with van der Waals surface area (Å²) in [5, 5.41) is 9.22. The highest BCUT2D eigenvalue weighted by Crippen LogP contribution is 2.55. The second-order valence-corrected chi connectivity index (χ2v) is 6.45. The number of aromatic nitrogens is 1. The van der Waals surface area contributed by atoms with E-state index in [1.807, 2.05) is 36.4 Å². The van der Waals surface area contributed by atoms with E-state index in [2.05, 4.69) is 60.0 Å². The Balaban J connectivity index is 1.86. The number of fused-ring (bicyclic) bond motifs is 1. The zero-order valence-electron chi connectivity index (χ0n) is 14.1. The van der Waals surface area contributed by atoms with Crippen LogP contribution in [0.1, 0.15) is 29.5 Å².